The van der Waals surface area contributed by atoms with Gasteiger partial charge in [-0.05, 0) is 74.3 Å². The van der Waals surface area contributed by atoms with E-state index in [0.29, 0.717) is 17.5 Å². The fourth-order valence-corrected chi connectivity index (χ4v) is 6.45. The smallest absolute Gasteiger partial charge is 0.251 e. The van der Waals surface area contributed by atoms with E-state index < -0.39 is 0 Å². The minimum absolute atomic E-state index is 0.000346. The summed E-state index contributed by atoms with van der Waals surface area (Å²) < 4.78 is 0. The zero-order chi connectivity index (χ0) is 23.8. The number of nitrogens with one attached hydrogen (secondary N) is 3. The molecule has 6 nitrogen and oxygen atoms in total. The van der Waals surface area contributed by atoms with Crippen LogP contribution in [0.2, 0.25) is 0 Å². The quantitative estimate of drug-likeness (QED) is 0.424. The maximum absolute atomic E-state index is 13.0. The lowest BCUT2D eigenvalue weighted by molar-refractivity contribution is -0.124. The van der Waals surface area contributed by atoms with E-state index in [2.05, 4.69) is 15.6 Å². The second kappa shape index (κ2) is 9.48. The Morgan fingerprint density at radius 3 is 2.37 bits per heavy atom. The number of amides is 2. The predicted octanol–water partition coefficient (Wildman–Crippen LogP) is 6.06. The molecule has 4 saturated carbocycles. The van der Waals surface area contributed by atoms with Crippen molar-refractivity contribution in [1.82, 2.24) is 15.3 Å². The molecule has 7 rings (SSSR count). The molecule has 0 spiro atoms. The number of rotatable bonds is 5. The number of anilines is 1. The number of hydrogen-bond acceptors (Lipinski definition) is 3. The van der Waals surface area contributed by atoms with E-state index in [4.69, 9.17) is 4.98 Å². The molecule has 3 N–H and O–H groups in total. The molecule has 3 aromatic rings. The maximum Gasteiger partial charge on any atom is 0.251 e. The highest BCUT2D eigenvalue weighted by Crippen LogP contribution is 2.45. The van der Waals surface area contributed by atoms with Crippen molar-refractivity contribution in [3.63, 3.8) is 0 Å². The second-order valence-electron chi connectivity index (χ2n) is 10.8. The van der Waals surface area contributed by atoms with E-state index in [1.54, 1.807) is 0 Å². The van der Waals surface area contributed by atoms with Gasteiger partial charge in [0, 0.05) is 28.8 Å². The van der Waals surface area contributed by atoms with Crippen molar-refractivity contribution in [1.29, 1.82) is 0 Å². The van der Waals surface area contributed by atoms with Crippen LogP contribution in [0.5, 0.6) is 0 Å². The van der Waals surface area contributed by atoms with Crippen LogP contribution in [0.25, 0.3) is 22.4 Å². The molecule has 4 aliphatic rings. The molecule has 6 heteroatoms. The van der Waals surface area contributed by atoms with Crippen molar-refractivity contribution in [2.24, 2.45) is 17.8 Å². The molecule has 0 aliphatic heterocycles. The minimum atomic E-state index is -0.000346. The number of imidazole rings is 1. The summed E-state index contributed by atoms with van der Waals surface area (Å²) in [5.74, 6) is 2.37. The molecule has 4 fully saturated rings. The van der Waals surface area contributed by atoms with E-state index in [9.17, 15) is 9.59 Å². The summed E-state index contributed by atoms with van der Waals surface area (Å²) in [6.45, 7) is 0. The van der Waals surface area contributed by atoms with Crippen molar-refractivity contribution < 1.29 is 9.59 Å². The number of benzene rings is 2. The number of nitrogens with zero attached hydrogens (tertiary/aromatic N) is 1. The first-order chi connectivity index (χ1) is 17.1. The Kier molecular flexibility index (Phi) is 6.05. The molecule has 2 bridgehead atoms. The molecule has 2 amide bonds. The summed E-state index contributed by atoms with van der Waals surface area (Å²) in [6.07, 6.45) is 11.9. The van der Waals surface area contributed by atoms with Gasteiger partial charge in [0.05, 0.1) is 11.0 Å². The summed E-state index contributed by atoms with van der Waals surface area (Å²) in [6, 6.07) is 13.8. The molecule has 1 unspecified atom stereocenters. The van der Waals surface area contributed by atoms with Crippen LogP contribution >= 0.6 is 0 Å². The lowest BCUT2D eigenvalue weighted by atomic mass is 9.64. The number of aromatic amines is 1. The highest BCUT2D eigenvalue weighted by molar-refractivity contribution is 5.96. The van der Waals surface area contributed by atoms with Crippen LogP contribution < -0.4 is 10.6 Å². The number of fused-ring (bicyclic) bond motifs is 4. The lowest BCUT2D eigenvalue weighted by Gasteiger charge is -2.41. The van der Waals surface area contributed by atoms with Gasteiger partial charge in [0.2, 0.25) is 5.91 Å². The van der Waals surface area contributed by atoms with E-state index in [0.717, 1.165) is 53.3 Å². The van der Waals surface area contributed by atoms with Crippen LogP contribution in [0.4, 0.5) is 5.69 Å². The van der Waals surface area contributed by atoms with Gasteiger partial charge in [-0.3, -0.25) is 9.59 Å². The monoisotopic (exact) mass is 470 g/mol. The molecule has 2 aromatic carbocycles. The summed E-state index contributed by atoms with van der Waals surface area (Å²) in [5.41, 5.74) is 4.17. The molecule has 0 saturated heterocycles. The third-order valence-electron chi connectivity index (χ3n) is 8.49. The van der Waals surface area contributed by atoms with Crippen LogP contribution in [0, 0.1) is 17.8 Å². The Labute approximate surface area is 206 Å². The molecular formula is C29H34N4O2. The molecule has 0 radical (unpaired) electrons. The normalized spacial score (nSPS) is 24.4. The van der Waals surface area contributed by atoms with Gasteiger partial charge in [0.25, 0.3) is 5.91 Å². The predicted molar refractivity (Wildman–Crippen MR) is 138 cm³/mol. The van der Waals surface area contributed by atoms with E-state index in [1.807, 2.05) is 42.5 Å². The molecule has 1 aromatic heterocycles. The Bertz CT molecular complexity index is 1220. The van der Waals surface area contributed by atoms with Gasteiger partial charge in [0.15, 0.2) is 0 Å². The van der Waals surface area contributed by atoms with Gasteiger partial charge in [0.1, 0.15) is 5.82 Å². The molecular weight excluding hydrogens is 436 g/mol. The fourth-order valence-electron chi connectivity index (χ4n) is 6.45. The van der Waals surface area contributed by atoms with E-state index in [-0.39, 0.29) is 17.7 Å². The topological polar surface area (TPSA) is 86.9 Å². The van der Waals surface area contributed by atoms with Gasteiger partial charge in [-0.1, -0.05) is 44.2 Å². The largest absolute Gasteiger partial charge is 0.349 e. The number of H-pyrrole nitrogens is 1. The number of aromatic nitrogens is 2. The van der Waals surface area contributed by atoms with Gasteiger partial charge < -0.3 is 15.6 Å². The van der Waals surface area contributed by atoms with E-state index >= 15 is 0 Å². The first kappa shape index (κ1) is 22.3. The average molecular weight is 471 g/mol. The fraction of sp³-hybridized carbons (Fsp3) is 0.483. The summed E-state index contributed by atoms with van der Waals surface area (Å²) in [5, 5.41) is 6.33. The lowest BCUT2D eigenvalue weighted by Crippen LogP contribution is -2.38. The van der Waals surface area contributed by atoms with Gasteiger partial charge in [-0.2, -0.15) is 0 Å². The molecule has 35 heavy (non-hydrogen) atoms. The van der Waals surface area contributed by atoms with Crippen LogP contribution in [-0.2, 0) is 4.79 Å². The number of carbonyl (C=O) groups excluding carboxylic acids is 2. The van der Waals surface area contributed by atoms with Gasteiger partial charge in [-0.25, -0.2) is 4.98 Å². The molecule has 182 valence electrons. The van der Waals surface area contributed by atoms with Gasteiger partial charge >= 0.3 is 0 Å². The van der Waals surface area contributed by atoms with Crippen molar-refractivity contribution in [2.45, 2.75) is 70.3 Å². The van der Waals surface area contributed by atoms with Crippen molar-refractivity contribution in [3.05, 3.63) is 48.0 Å². The third-order valence-corrected chi connectivity index (χ3v) is 8.49. The van der Waals surface area contributed by atoms with Crippen LogP contribution in [-0.4, -0.2) is 27.8 Å². The molecule has 4 aliphatic carbocycles. The second-order valence-corrected chi connectivity index (χ2v) is 10.8. The number of carbonyl (C=O) groups is 2. The summed E-state index contributed by atoms with van der Waals surface area (Å²) >= 11 is 0. The first-order valence-corrected chi connectivity index (χ1v) is 13.3. The van der Waals surface area contributed by atoms with Crippen LogP contribution in [0.3, 0.4) is 0 Å². The zero-order valence-corrected chi connectivity index (χ0v) is 20.2. The highest BCUT2D eigenvalue weighted by Gasteiger charge is 2.39. The Morgan fingerprint density at radius 2 is 1.66 bits per heavy atom. The standard InChI is InChI=1S/C29H34N4O2/c34-28(30-22-4-2-1-3-5-22)21-12-10-20(11-13-21)27-32-25-15-14-23(17-26(25)33-27)31-29(35)24-16-18-6-8-19(24)9-7-18/h10-15,17-19,22,24H,1-9,16H2,(H,30,34)(H,31,35)(H,32,33). The van der Waals surface area contributed by atoms with Crippen LogP contribution in [0.15, 0.2) is 42.5 Å². The molecule has 1 heterocycles. The summed E-state index contributed by atoms with van der Waals surface area (Å²) in [7, 11) is 0. The highest BCUT2D eigenvalue weighted by atomic mass is 16.2. The average Bonchev–Trinajstić information content (AvgIpc) is 3.33. The minimum Gasteiger partial charge on any atom is -0.349 e. The maximum atomic E-state index is 13.0. The SMILES string of the molecule is O=C(NC1CCCCC1)c1ccc(-c2nc3ccc(NC(=O)C4CC5CCC4CC5)cc3[nH]2)cc1. The molecule has 1 atom stereocenters. The van der Waals surface area contributed by atoms with Gasteiger partial charge in [-0.15, -0.1) is 0 Å². The Hall–Kier alpha value is -3.15. The number of hydrogen-bond donors (Lipinski definition) is 3. The van der Waals surface area contributed by atoms with Crippen molar-refractivity contribution in [3.8, 4) is 11.4 Å². The van der Waals surface area contributed by atoms with Crippen molar-refractivity contribution >= 4 is 28.5 Å². The Balaban J connectivity index is 1.13. The van der Waals surface area contributed by atoms with Crippen molar-refractivity contribution in [2.75, 3.05) is 5.32 Å². The third kappa shape index (κ3) is 4.71. The summed E-state index contributed by atoms with van der Waals surface area (Å²) in [4.78, 5) is 33.7. The Morgan fingerprint density at radius 1 is 0.886 bits per heavy atom. The van der Waals surface area contributed by atoms with E-state index in [1.165, 1.54) is 44.9 Å². The zero-order valence-electron chi connectivity index (χ0n) is 20.2. The van der Waals surface area contributed by atoms with Crippen LogP contribution in [0.1, 0.15) is 74.6 Å². The first-order valence-electron chi connectivity index (χ1n) is 13.3.